The van der Waals surface area contributed by atoms with Crippen LogP contribution in [-0.2, 0) is 6.42 Å². The Bertz CT molecular complexity index is 544. The molecule has 2 aromatic rings. The molecule has 0 atom stereocenters. The third-order valence-electron chi connectivity index (χ3n) is 2.58. The zero-order valence-corrected chi connectivity index (χ0v) is 12.2. The number of aromatic nitrogens is 2. The average molecular weight is 328 g/mol. The van der Waals surface area contributed by atoms with Gasteiger partial charge in [-0.25, -0.2) is 4.39 Å². The van der Waals surface area contributed by atoms with Crippen molar-refractivity contribution in [1.29, 1.82) is 0 Å². The van der Waals surface area contributed by atoms with Crippen molar-refractivity contribution in [3.63, 3.8) is 0 Å². The summed E-state index contributed by atoms with van der Waals surface area (Å²) in [6.45, 7) is 3.88. The maximum absolute atomic E-state index is 13.4. The summed E-state index contributed by atoms with van der Waals surface area (Å²) >= 11 is 3.11. The maximum Gasteiger partial charge on any atom is 0.247 e. The molecule has 19 heavy (non-hydrogen) atoms. The Hall–Kier alpha value is -1.27. The van der Waals surface area contributed by atoms with E-state index < -0.39 is 0 Å². The first-order valence-electron chi connectivity index (χ1n) is 6.19. The van der Waals surface area contributed by atoms with Crippen LogP contribution < -0.4 is 5.32 Å². The van der Waals surface area contributed by atoms with Gasteiger partial charge in [-0.05, 0) is 47.1 Å². The third kappa shape index (κ3) is 3.84. The van der Waals surface area contributed by atoms with Gasteiger partial charge in [0.05, 0.1) is 4.47 Å². The summed E-state index contributed by atoms with van der Waals surface area (Å²) in [6.07, 6.45) is 1.76. The van der Waals surface area contributed by atoms with Crippen molar-refractivity contribution in [3.05, 3.63) is 34.4 Å². The highest BCUT2D eigenvalue weighted by Crippen LogP contribution is 2.23. The van der Waals surface area contributed by atoms with E-state index in [9.17, 15) is 4.39 Å². The van der Waals surface area contributed by atoms with E-state index in [0.29, 0.717) is 28.2 Å². The minimum atomic E-state index is -0.345. The number of nitrogens with zero attached hydrogens (tertiary/aromatic N) is 2. The molecule has 0 unspecified atom stereocenters. The van der Waals surface area contributed by atoms with Gasteiger partial charge in [-0.15, -0.1) is 10.2 Å². The molecule has 0 spiro atoms. The van der Waals surface area contributed by atoms with Gasteiger partial charge < -0.3 is 9.73 Å². The van der Waals surface area contributed by atoms with Crippen molar-refractivity contribution in [2.45, 2.75) is 19.8 Å². The molecule has 2 rings (SSSR count). The topological polar surface area (TPSA) is 51.0 Å². The van der Waals surface area contributed by atoms with Crippen LogP contribution in [0.1, 0.15) is 19.2 Å². The van der Waals surface area contributed by atoms with E-state index in [0.717, 1.165) is 19.5 Å². The molecule has 0 saturated carbocycles. The van der Waals surface area contributed by atoms with Gasteiger partial charge in [0.2, 0.25) is 11.8 Å². The minimum Gasteiger partial charge on any atom is -0.421 e. The fourth-order valence-corrected chi connectivity index (χ4v) is 1.84. The van der Waals surface area contributed by atoms with Crippen molar-refractivity contribution in [1.82, 2.24) is 15.5 Å². The summed E-state index contributed by atoms with van der Waals surface area (Å²) in [7, 11) is 0. The summed E-state index contributed by atoms with van der Waals surface area (Å²) in [5, 5.41) is 11.1. The zero-order valence-electron chi connectivity index (χ0n) is 10.6. The summed E-state index contributed by atoms with van der Waals surface area (Å²) in [4.78, 5) is 0. The Balaban J connectivity index is 2.01. The molecule has 0 aliphatic heterocycles. The first kappa shape index (κ1) is 14.1. The van der Waals surface area contributed by atoms with Gasteiger partial charge in [-0.1, -0.05) is 6.92 Å². The van der Waals surface area contributed by atoms with Crippen LogP contribution in [0.3, 0.4) is 0 Å². The number of nitrogens with one attached hydrogen (secondary N) is 1. The molecule has 0 bridgehead atoms. The highest BCUT2D eigenvalue weighted by molar-refractivity contribution is 9.10. The Kier molecular flexibility index (Phi) is 5.04. The molecular weight excluding hydrogens is 313 g/mol. The smallest absolute Gasteiger partial charge is 0.247 e. The Morgan fingerprint density at radius 2 is 2.16 bits per heavy atom. The molecule has 0 radical (unpaired) electrons. The third-order valence-corrected chi connectivity index (χ3v) is 3.22. The predicted molar refractivity (Wildman–Crippen MR) is 74.3 cm³/mol. The highest BCUT2D eigenvalue weighted by Gasteiger charge is 2.10. The molecule has 0 aliphatic carbocycles. The van der Waals surface area contributed by atoms with Gasteiger partial charge in [-0.3, -0.25) is 0 Å². The van der Waals surface area contributed by atoms with E-state index in [2.05, 4.69) is 38.4 Å². The number of benzene rings is 1. The molecule has 6 heteroatoms. The van der Waals surface area contributed by atoms with Crippen LogP contribution in [-0.4, -0.2) is 23.3 Å². The molecule has 1 N–H and O–H groups in total. The molecule has 1 aromatic heterocycles. The molecule has 0 fully saturated rings. The molecule has 0 aliphatic rings. The Labute approximate surface area is 119 Å². The number of rotatable bonds is 6. The van der Waals surface area contributed by atoms with Crippen LogP contribution in [0, 0.1) is 5.82 Å². The molecule has 4 nitrogen and oxygen atoms in total. The monoisotopic (exact) mass is 327 g/mol. The fourth-order valence-electron chi connectivity index (χ4n) is 1.60. The lowest BCUT2D eigenvalue weighted by atomic mass is 10.2. The SMILES string of the molecule is CCCNCCc1nnc(-c2ccc(Br)c(F)c2)o1. The summed E-state index contributed by atoms with van der Waals surface area (Å²) in [5.74, 6) is 0.556. The van der Waals surface area contributed by atoms with E-state index >= 15 is 0 Å². The van der Waals surface area contributed by atoms with Gasteiger partial charge in [-0.2, -0.15) is 0 Å². The first-order chi connectivity index (χ1) is 9.20. The molecule has 1 heterocycles. The van der Waals surface area contributed by atoms with Crippen LogP contribution >= 0.6 is 15.9 Å². The number of hydrogen-bond donors (Lipinski definition) is 1. The summed E-state index contributed by atoms with van der Waals surface area (Å²) < 4.78 is 19.3. The average Bonchev–Trinajstić information content (AvgIpc) is 2.87. The van der Waals surface area contributed by atoms with Gasteiger partial charge in [0, 0.05) is 18.5 Å². The quantitative estimate of drug-likeness (QED) is 0.828. The van der Waals surface area contributed by atoms with Gasteiger partial charge in [0.15, 0.2) is 0 Å². The van der Waals surface area contributed by atoms with Crippen LogP contribution in [0.2, 0.25) is 0 Å². The van der Waals surface area contributed by atoms with Crippen molar-refractivity contribution in [3.8, 4) is 11.5 Å². The molecular formula is C13H15BrFN3O. The van der Waals surface area contributed by atoms with E-state index in [1.165, 1.54) is 6.07 Å². The molecule has 0 amide bonds. The molecule has 0 saturated heterocycles. The van der Waals surface area contributed by atoms with Gasteiger partial charge >= 0.3 is 0 Å². The summed E-state index contributed by atoms with van der Waals surface area (Å²) in [6, 6.07) is 4.73. The van der Waals surface area contributed by atoms with E-state index in [1.807, 2.05) is 0 Å². The van der Waals surface area contributed by atoms with Crippen LogP contribution in [0.15, 0.2) is 27.1 Å². The second kappa shape index (κ2) is 6.77. The van der Waals surface area contributed by atoms with Crippen LogP contribution in [0.5, 0.6) is 0 Å². The standard InChI is InChI=1S/C13H15BrFN3O/c1-2-6-16-7-5-12-17-18-13(19-12)9-3-4-10(14)11(15)8-9/h3-4,8,16H,2,5-7H2,1H3. The maximum atomic E-state index is 13.4. The second-order valence-corrected chi connectivity index (χ2v) is 4.98. The van der Waals surface area contributed by atoms with E-state index in [-0.39, 0.29) is 5.82 Å². The highest BCUT2D eigenvalue weighted by atomic mass is 79.9. The molecule has 1 aromatic carbocycles. The predicted octanol–water partition coefficient (Wildman–Crippen LogP) is 3.18. The van der Waals surface area contributed by atoms with Gasteiger partial charge in [0.1, 0.15) is 5.82 Å². The zero-order chi connectivity index (χ0) is 13.7. The van der Waals surface area contributed by atoms with Crippen LogP contribution in [0.25, 0.3) is 11.5 Å². The number of hydrogen-bond acceptors (Lipinski definition) is 4. The molecule has 102 valence electrons. The van der Waals surface area contributed by atoms with Crippen LogP contribution in [0.4, 0.5) is 4.39 Å². The normalized spacial score (nSPS) is 10.9. The van der Waals surface area contributed by atoms with Crippen molar-refractivity contribution >= 4 is 15.9 Å². The number of halogens is 2. The van der Waals surface area contributed by atoms with E-state index in [4.69, 9.17) is 4.42 Å². The second-order valence-electron chi connectivity index (χ2n) is 4.13. The lowest BCUT2D eigenvalue weighted by Gasteiger charge is -1.99. The fraction of sp³-hybridized carbons (Fsp3) is 0.385. The lowest BCUT2D eigenvalue weighted by Crippen LogP contribution is -2.17. The van der Waals surface area contributed by atoms with Crippen molar-refractivity contribution in [2.24, 2.45) is 0 Å². The van der Waals surface area contributed by atoms with Crippen molar-refractivity contribution < 1.29 is 8.81 Å². The Morgan fingerprint density at radius 1 is 1.32 bits per heavy atom. The Morgan fingerprint density at radius 3 is 2.89 bits per heavy atom. The van der Waals surface area contributed by atoms with E-state index in [1.54, 1.807) is 12.1 Å². The summed E-state index contributed by atoms with van der Waals surface area (Å²) in [5.41, 5.74) is 0.584. The lowest BCUT2D eigenvalue weighted by molar-refractivity contribution is 0.494. The minimum absolute atomic E-state index is 0.344. The first-order valence-corrected chi connectivity index (χ1v) is 6.98. The largest absolute Gasteiger partial charge is 0.421 e. The van der Waals surface area contributed by atoms with Gasteiger partial charge in [0.25, 0.3) is 0 Å². The van der Waals surface area contributed by atoms with Crippen molar-refractivity contribution in [2.75, 3.05) is 13.1 Å².